The molecule has 4 heteroatoms. The minimum atomic E-state index is 0.536. The normalized spacial score (nSPS) is 10.7. The molecule has 0 radical (unpaired) electrons. The van der Waals surface area contributed by atoms with E-state index in [4.69, 9.17) is 4.74 Å². The first kappa shape index (κ1) is 14.0. The molecule has 1 N–H and O–H groups in total. The van der Waals surface area contributed by atoms with Crippen molar-refractivity contribution in [2.75, 3.05) is 6.54 Å². The fourth-order valence-corrected chi connectivity index (χ4v) is 2.54. The van der Waals surface area contributed by atoms with Gasteiger partial charge in [0.05, 0.1) is 10.7 Å². The third-order valence-corrected chi connectivity index (χ3v) is 3.71. The number of para-hydroxylation sites is 1. The Labute approximate surface area is 118 Å². The molecule has 19 heavy (non-hydrogen) atoms. The summed E-state index contributed by atoms with van der Waals surface area (Å²) in [5.41, 5.74) is 3.37. The molecule has 0 spiro atoms. The maximum atomic E-state index is 5.97. The average molecular weight is 276 g/mol. The molecule has 1 aromatic heterocycles. The molecule has 0 saturated heterocycles. The van der Waals surface area contributed by atoms with Gasteiger partial charge in [-0.3, -0.25) is 0 Å². The highest BCUT2D eigenvalue weighted by molar-refractivity contribution is 7.09. The summed E-state index contributed by atoms with van der Waals surface area (Å²) in [6.07, 6.45) is 0. The van der Waals surface area contributed by atoms with Crippen LogP contribution in [-0.4, -0.2) is 11.5 Å². The second-order valence-electron chi connectivity index (χ2n) is 4.49. The number of hydrogen-bond acceptors (Lipinski definition) is 4. The molecule has 0 aliphatic carbocycles. The smallest absolute Gasteiger partial charge is 0.131 e. The lowest BCUT2D eigenvalue weighted by molar-refractivity contribution is 0.296. The highest BCUT2D eigenvalue weighted by Gasteiger charge is 2.08. The number of aryl methyl sites for hydroxylation is 2. The van der Waals surface area contributed by atoms with Crippen LogP contribution in [0.2, 0.25) is 0 Å². The number of hydrogen-bond donors (Lipinski definition) is 1. The van der Waals surface area contributed by atoms with Crippen LogP contribution >= 0.6 is 11.3 Å². The molecule has 0 aliphatic heterocycles. The topological polar surface area (TPSA) is 34.1 Å². The van der Waals surface area contributed by atoms with Gasteiger partial charge in [-0.2, -0.15) is 0 Å². The van der Waals surface area contributed by atoms with Gasteiger partial charge in [0.25, 0.3) is 0 Å². The van der Waals surface area contributed by atoms with Gasteiger partial charge in [-0.25, -0.2) is 4.98 Å². The first-order valence-electron chi connectivity index (χ1n) is 6.53. The molecular formula is C15H20N2OS. The number of ether oxygens (including phenoxy) is 1. The summed E-state index contributed by atoms with van der Waals surface area (Å²) in [7, 11) is 0. The van der Waals surface area contributed by atoms with Crippen LogP contribution in [0.3, 0.4) is 0 Å². The van der Waals surface area contributed by atoms with E-state index >= 15 is 0 Å². The molecule has 1 heterocycles. The Bertz CT molecular complexity index is 537. The average Bonchev–Trinajstić information content (AvgIpc) is 2.81. The molecule has 0 amide bonds. The lowest BCUT2D eigenvalue weighted by atomic mass is 10.1. The fourth-order valence-electron chi connectivity index (χ4n) is 1.94. The summed E-state index contributed by atoms with van der Waals surface area (Å²) in [6, 6.07) is 6.26. The highest BCUT2D eigenvalue weighted by atomic mass is 32.1. The zero-order chi connectivity index (χ0) is 13.7. The van der Waals surface area contributed by atoms with Crippen molar-refractivity contribution in [2.24, 2.45) is 0 Å². The van der Waals surface area contributed by atoms with E-state index < -0.39 is 0 Å². The van der Waals surface area contributed by atoms with Crippen molar-refractivity contribution in [3.8, 4) is 5.75 Å². The molecule has 1 aromatic carbocycles. The van der Waals surface area contributed by atoms with E-state index in [0.717, 1.165) is 29.5 Å². The second kappa shape index (κ2) is 6.68. The van der Waals surface area contributed by atoms with Crippen LogP contribution in [0.4, 0.5) is 0 Å². The van der Waals surface area contributed by atoms with Crippen LogP contribution in [-0.2, 0) is 13.2 Å². The third kappa shape index (κ3) is 3.78. The lowest BCUT2D eigenvalue weighted by Gasteiger charge is -2.13. The fraction of sp³-hybridized carbons (Fsp3) is 0.400. The third-order valence-electron chi connectivity index (χ3n) is 2.89. The van der Waals surface area contributed by atoms with Crippen LogP contribution in [0.1, 0.15) is 28.8 Å². The summed E-state index contributed by atoms with van der Waals surface area (Å²) in [6.45, 7) is 8.53. The van der Waals surface area contributed by atoms with Crippen molar-refractivity contribution in [1.82, 2.24) is 10.3 Å². The predicted molar refractivity (Wildman–Crippen MR) is 79.7 cm³/mol. The van der Waals surface area contributed by atoms with E-state index in [9.17, 15) is 0 Å². The van der Waals surface area contributed by atoms with Gasteiger partial charge < -0.3 is 10.1 Å². The van der Waals surface area contributed by atoms with Crippen molar-refractivity contribution in [3.63, 3.8) is 0 Å². The van der Waals surface area contributed by atoms with E-state index in [0.29, 0.717) is 6.61 Å². The van der Waals surface area contributed by atoms with Crippen molar-refractivity contribution in [3.05, 3.63) is 45.4 Å². The largest absolute Gasteiger partial charge is 0.487 e. The molecule has 0 fully saturated rings. The minimum Gasteiger partial charge on any atom is -0.487 e. The van der Waals surface area contributed by atoms with E-state index in [1.54, 1.807) is 11.3 Å². The number of benzene rings is 1. The van der Waals surface area contributed by atoms with Gasteiger partial charge in [-0.1, -0.05) is 25.1 Å². The summed E-state index contributed by atoms with van der Waals surface area (Å²) >= 11 is 1.66. The van der Waals surface area contributed by atoms with E-state index in [1.807, 2.05) is 6.92 Å². The van der Waals surface area contributed by atoms with Crippen LogP contribution in [0.25, 0.3) is 0 Å². The SMILES string of the molecule is CCNCc1cccc(C)c1OCc1csc(C)n1. The summed E-state index contributed by atoms with van der Waals surface area (Å²) in [5.74, 6) is 0.981. The van der Waals surface area contributed by atoms with Crippen LogP contribution in [0, 0.1) is 13.8 Å². The van der Waals surface area contributed by atoms with Gasteiger partial charge in [0.15, 0.2) is 0 Å². The number of nitrogens with zero attached hydrogens (tertiary/aromatic N) is 1. The summed E-state index contributed by atoms with van der Waals surface area (Å²) < 4.78 is 5.97. The van der Waals surface area contributed by atoms with Crippen LogP contribution < -0.4 is 10.1 Å². The van der Waals surface area contributed by atoms with Crippen molar-refractivity contribution >= 4 is 11.3 Å². The number of rotatable bonds is 6. The van der Waals surface area contributed by atoms with Crippen molar-refractivity contribution < 1.29 is 4.74 Å². The van der Waals surface area contributed by atoms with Crippen LogP contribution in [0.15, 0.2) is 23.6 Å². The Hall–Kier alpha value is -1.39. The summed E-state index contributed by atoms with van der Waals surface area (Å²) in [4.78, 5) is 4.43. The molecule has 0 saturated carbocycles. The van der Waals surface area contributed by atoms with Gasteiger partial charge in [0.1, 0.15) is 12.4 Å². The monoisotopic (exact) mass is 276 g/mol. The molecule has 0 aliphatic rings. The molecule has 102 valence electrons. The highest BCUT2D eigenvalue weighted by Crippen LogP contribution is 2.24. The maximum absolute atomic E-state index is 5.97. The Morgan fingerprint density at radius 2 is 2.16 bits per heavy atom. The van der Waals surface area contributed by atoms with E-state index in [1.165, 1.54) is 11.1 Å². The molecule has 0 atom stereocenters. The molecule has 3 nitrogen and oxygen atoms in total. The Balaban J connectivity index is 2.09. The predicted octanol–water partition coefficient (Wildman–Crippen LogP) is 3.45. The number of thiazole rings is 1. The quantitative estimate of drug-likeness (QED) is 0.877. The maximum Gasteiger partial charge on any atom is 0.131 e. The van der Waals surface area contributed by atoms with Gasteiger partial charge in [0, 0.05) is 17.5 Å². The van der Waals surface area contributed by atoms with E-state index in [2.05, 4.69) is 47.7 Å². The lowest BCUT2D eigenvalue weighted by Crippen LogP contribution is -2.13. The first-order valence-corrected chi connectivity index (χ1v) is 7.41. The minimum absolute atomic E-state index is 0.536. The standard InChI is InChI=1S/C15H20N2OS/c1-4-16-8-13-7-5-6-11(2)15(13)18-9-14-10-19-12(3)17-14/h5-7,10,16H,4,8-9H2,1-3H3. The number of aromatic nitrogens is 1. The van der Waals surface area contributed by atoms with Crippen LogP contribution in [0.5, 0.6) is 5.75 Å². The van der Waals surface area contributed by atoms with Gasteiger partial charge in [-0.05, 0) is 26.0 Å². The van der Waals surface area contributed by atoms with Crippen molar-refractivity contribution in [1.29, 1.82) is 0 Å². The molecule has 0 bridgehead atoms. The Kier molecular flexibility index (Phi) is 4.93. The van der Waals surface area contributed by atoms with Gasteiger partial charge in [-0.15, -0.1) is 11.3 Å². The summed E-state index contributed by atoms with van der Waals surface area (Å²) in [5, 5.41) is 6.47. The van der Waals surface area contributed by atoms with Crippen molar-refractivity contribution in [2.45, 2.75) is 33.9 Å². The first-order chi connectivity index (χ1) is 9.20. The molecule has 2 aromatic rings. The van der Waals surface area contributed by atoms with Gasteiger partial charge in [0.2, 0.25) is 0 Å². The van der Waals surface area contributed by atoms with E-state index in [-0.39, 0.29) is 0 Å². The Morgan fingerprint density at radius 3 is 2.84 bits per heavy atom. The molecular weight excluding hydrogens is 256 g/mol. The second-order valence-corrected chi connectivity index (χ2v) is 5.55. The molecule has 0 unspecified atom stereocenters. The zero-order valence-corrected chi connectivity index (χ0v) is 12.5. The molecule has 2 rings (SSSR count). The zero-order valence-electron chi connectivity index (χ0n) is 11.7. The Morgan fingerprint density at radius 1 is 1.32 bits per heavy atom. The van der Waals surface area contributed by atoms with Gasteiger partial charge >= 0.3 is 0 Å². The number of nitrogens with one attached hydrogen (secondary N) is 1.